The molecule has 0 aliphatic rings. The van der Waals surface area contributed by atoms with Crippen molar-refractivity contribution in [3.8, 4) is 10.6 Å². The van der Waals surface area contributed by atoms with E-state index in [1.165, 1.54) is 34.1 Å². The van der Waals surface area contributed by atoms with Gasteiger partial charge in [-0.05, 0) is 0 Å². The fourth-order valence-electron chi connectivity index (χ4n) is 1.29. The topological polar surface area (TPSA) is 85.1 Å². The van der Waals surface area contributed by atoms with E-state index >= 15 is 0 Å². The summed E-state index contributed by atoms with van der Waals surface area (Å²) in [6, 6.07) is 1.48. The van der Waals surface area contributed by atoms with Crippen LogP contribution in [0, 0.1) is 15.5 Å². The zero-order valence-electron chi connectivity index (χ0n) is 11.2. The van der Waals surface area contributed by atoms with E-state index in [2.05, 4.69) is 10.3 Å². The number of thiazole rings is 1. The lowest BCUT2D eigenvalue weighted by atomic mass is 9.96. The molecule has 1 amide bonds. The van der Waals surface area contributed by atoms with Crippen LogP contribution in [0.1, 0.15) is 20.8 Å². The highest BCUT2D eigenvalue weighted by atomic mass is 32.1. The molecule has 106 valence electrons. The van der Waals surface area contributed by atoms with E-state index in [0.717, 1.165) is 0 Å². The molecule has 0 aromatic carbocycles. The zero-order valence-corrected chi connectivity index (χ0v) is 12.8. The summed E-state index contributed by atoms with van der Waals surface area (Å²) in [4.78, 5) is 27.0. The smallest absolute Gasteiger partial charge is 0.280 e. The van der Waals surface area contributed by atoms with Crippen molar-refractivity contribution in [2.24, 2.45) is 5.41 Å². The Morgan fingerprint density at radius 3 is 2.60 bits per heavy atom. The molecule has 0 atom stereocenters. The summed E-state index contributed by atoms with van der Waals surface area (Å²) in [7, 11) is 0. The maximum Gasteiger partial charge on any atom is 0.280 e. The van der Waals surface area contributed by atoms with Crippen LogP contribution in [-0.2, 0) is 4.79 Å². The molecule has 1 N–H and O–H groups in total. The first-order valence-corrected chi connectivity index (χ1v) is 7.53. The van der Waals surface area contributed by atoms with Gasteiger partial charge in [-0.15, -0.1) is 22.7 Å². The third-order valence-electron chi connectivity index (χ3n) is 2.45. The molecule has 2 rings (SSSR count). The Labute approximate surface area is 123 Å². The van der Waals surface area contributed by atoms with Crippen LogP contribution in [0.15, 0.2) is 16.8 Å². The van der Waals surface area contributed by atoms with E-state index in [0.29, 0.717) is 15.7 Å². The summed E-state index contributed by atoms with van der Waals surface area (Å²) in [5, 5.41) is 17.1. The standard InChI is InChI=1S/C12H13N3O3S2/c1-12(2,3)10(16)14-11-13-8(6-20-11)9-4-7(5-19-9)15(17)18/h4-6H,1-3H3,(H,13,14,16). The SMILES string of the molecule is CC(C)(C)C(=O)Nc1nc(-c2cc([N+](=O)[O-])cs2)cs1. The van der Waals surface area contributed by atoms with Crippen molar-refractivity contribution in [1.29, 1.82) is 0 Å². The Bertz CT molecular complexity index is 655. The molecule has 6 nitrogen and oxygen atoms in total. The molecule has 0 radical (unpaired) electrons. The van der Waals surface area contributed by atoms with Crippen LogP contribution in [0.5, 0.6) is 0 Å². The van der Waals surface area contributed by atoms with Crippen molar-refractivity contribution < 1.29 is 9.72 Å². The molecular weight excluding hydrogens is 298 g/mol. The van der Waals surface area contributed by atoms with E-state index < -0.39 is 10.3 Å². The van der Waals surface area contributed by atoms with Crippen LogP contribution in [0.3, 0.4) is 0 Å². The van der Waals surface area contributed by atoms with E-state index in [1.807, 2.05) is 20.8 Å². The minimum atomic E-state index is -0.493. The molecule has 0 unspecified atom stereocenters. The second-order valence-electron chi connectivity index (χ2n) is 5.17. The van der Waals surface area contributed by atoms with Crippen molar-refractivity contribution >= 4 is 39.4 Å². The number of carbonyl (C=O) groups excluding carboxylic acids is 1. The second kappa shape index (κ2) is 5.29. The van der Waals surface area contributed by atoms with Crippen LogP contribution in [0.2, 0.25) is 0 Å². The summed E-state index contributed by atoms with van der Waals surface area (Å²) in [6.07, 6.45) is 0. The number of anilines is 1. The highest BCUT2D eigenvalue weighted by Gasteiger charge is 2.22. The normalized spacial score (nSPS) is 11.3. The fraction of sp³-hybridized carbons (Fsp3) is 0.333. The first-order chi connectivity index (χ1) is 9.27. The predicted molar refractivity (Wildman–Crippen MR) is 80.2 cm³/mol. The second-order valence-corrected chi connectivity index (χ2v) is 6.94. The molecule has 0 fully saturated rings. The van der Waals surface area contributed by atoms with E-state index in [-0.39, 0.29) is 11.6 Å². The fourth-order valence-corrected chi connectivity index (χ4v) is 2.88. The van der Waals surface area contributed by atoms with Crippen molar-refractivity contribution in [3.05, 3.63) is 26.9 Å². The summed E-state index contributed by atoms with van der Waals surface area (Å²) < 4.78 is 0. The van der Waals surface area contributed by atoms with Gasteiger partial charge < -0.3 is 5.32 Å². The quantitative estimate of drug-likeness (QED) is 0.690. The monoisotopic (exact) mass is 311 g/mol. The van der Waals surface area contributed by atoms with Crippen molar-refractivity contribution in [2.45, 2.75) is 20.8 Å². The van der Waals surface area contributed by atoms with Gasteiger partial charge in [-0.1, -0.05) is 20.8 Å². The summed E-state index contributed by atoms with van der Waals surface area (Å²) in [5.74, 6) is -0.115. The van der Waals surface area contributed by atoms with E-state index in [1.54, 1.807) is 5.38 Å². The van der Waals surface area contributed by atoms with Gasteiger partial charge in [0.05, 0.1) is 20.9 Å². The number of carbonyl (C=O) groups is 1. The molecule has 0 saturated heterocycles. The van der Waals surface area contributed by atoms with Crippen LogP contribution in [0.25, 0.3) is 10.6 Å². The van der Waals surface area contributed by atoms with Crippen molar-refractivity contribution in [2.75, 3.05) is 5.32 Å². The Hall–Kier alpha value is -1.80. The van der Waals surface area contributed by atoms with Crippen LogP contribution < -0.4 is 5.32 Å². The average Bonchev–Trinajstić information content (AvgIpc) is 2.94. The van der Waals surface area contributed by atoms with E-state index in [4.69, 9.17) is 0 Å². The van der Waals surface area contributed by atoms with Gasteiger partial charge in [0.2, 0.25) is 5.91 Å². The Balaban J connectivity index is 2.16. The van der Waals surface area contributed by atoms with Gasteiger partial charge in [-0.3, -0.25) is 14.9 Å². The molecule has 2 aromatic heterocycles. The lowest BCUT2D eigenvalue weighted by molar-refractivity contribution is -0.384. The molecule has 2 aromatic rings. The molecule has 0 bridgehead atoms. The Kier molecular flexibility index (Phi) is 3.87. The molecular formula is C12H13N3O3S2. The van der Waals surface area contributed by atoms with Gasteiger partial charge in [0.25, 0.3) is 5.69 Å². The molecule has 20 heavy (non-hydrogen) atoms. The number of nitro groups is 1. The molecule has 0 aliphatic heterocycles. The molecule has 8 heteroatoms. The number of thiophene rings is 1. The van der Waals surface area contributed by atoms with Gasteiger partial charge in [0.15, 0.2) is 5.13 Å². The number of hydrogen-bond donors (Lipinski definition) is 1. The van der Waals surface area contributed by atoms with Gasteiger partial charge in [0.1, 0.15) is 0 Å². The number of nitrogens with one attached hydrogen (secondary N) is 1. The van der Waals surface area contributed by atoms with Crippen LogP contribution in [-0.4, -0.2) is 15.8 Å². The first-order valence-electron chi connectivity index (χ1n) is 5.77. The predicted octanol–water partition coefficient (Wildman–Crippen LogP) is 3.76. The van der Waals surface area contributed by atoms with Gasteiger partial charge in [0, 0.05) is 16.9 Å². The van der Waals surface area contributed by atoms with Gasteiger partial charge in [-0.25, -0.2) is 4.98 Å². The average molecular weight is 311 g/mol. The number of rotatable bonds is 3. The maximum absolute atomic E-state index is 11.8. The third kappa shape index (κ3) is 3.20. The minimum absolute atomic E-state index is 0.0540. The largest absolute Gasteiger partial charge is 0.302 e. The van der Waals surface area contributed by atoms with Gasteiger partial charge in [-0.2, -0.15) is 0 Å². The number of nitrogens with zero attached hydrogens (tertiary/aromatic N) is 2. The van der Waals surface area contributed by atoms with Crippen molar-refractivity contribution in [1.82, 2.24) is 4.98 Å². The Morgan fingerprint density at radius 1 is 1.35 bits per heavy atom. The molecule has 0 spiro atoms. The van der Waals surface area contributed by atoms with Crippen LogP contribution in [0.4, 0.5) is 10.8 Å². The highest BCUT2D eigenvalue weighted by Crippen LogP contribution is 2.33. The number of amides is 1. The number of aromatic nitrogens is 1. The summed E-state index contributed by atoms with van der Waals surface area (Å²) >= 11 is 2.56. The van der Waals surface area contributed by atoms with Gasteiger partial charge >= 0.3 is 0 Å². The third-order valence-corrected chi connectivity index (χ3v) is 4.15. The molecule has 0 aliphatic carbocycles. The zero-order chi connectivity index (χ0) is 14.9. The molecule has 2 heterocycles. The minimum Gasteiger partial charge on any atom is -0.302 e. The summed E-state index contributed by atoms with van der Waals surface area (Å²) in [5.41, 5.74) is 0.198. The lowest BCUT2D eigenvalue weighted by Gasteiger charge is -2.15. The Morgan fingerprint density at radius 2 is 2.05 bits per heavy atom. The highest BCUT2D eigenvalue weighted by molar-refractivity contribution is 7.16. The van der Waals surface area contributed by atoms with Crippen molar-refractivity contribution in [3.63, 3.8) is 0 Å². The lowest BCUT2D eigenvalue weighted by Crippen LogP contribution is -2.27. The van der Waals surface area contributed by atoms with E-state index in [9.17, 15) is 14.9 Å². The number of hydrogen-bond acceptors (Lipinski definition) is 6. The first kappa shape index (κ1) is 14.6. The maximum atomic E-state index is 11.8. The summed E-state index contributed by atoms with van der Waals surface area (Å²) in [6.45, 7) is 5.46. The molecule has 0 saturated carbocycles. The van der Waals surface area contributed by atoms with Crippen LogP contribution >= 0.6 is 22.7 Å².